The van der Waals surface area contributed by atoms with Crippen LogP contribution in [0.3, 0.4) is 0 Å². The molecule has 0 radical (unpaired) electrons. The number of aryl methyl sites for hydroxylation is 1. The number of fused-ring (bicyclic) bond motifs is 3. The van der Waals surface area contributed by atoms with Crippen LogP contribution in [-0.2, 0) is 11.2 Å². The van der Waals surface area contributed by atoms with Crippen LogP contribution in [0.1, 0.15) is 26.1 Å². The first-order valence-corrected chi connectivity index (χ1v) is 7.92. The molecule has 2 heterocycles. The number of halogens is 1. The molecule has 6 heteroatoms. The van der Waals surface area contributed by atoms with Gasteiger partial charge in [0.2, 0.25) is 5.58 Å². The third-order valence-electron chi connectivity index (χ3n) is 3.64. The zero-order chi connectivity index (χ0) is 15.4. The number of ether oxygens (including phenoxy) is 1. The fraction of sp³-hybridized carbons (Fsp3) is 0.412. The standard InChI is InChI=1S/C17H21N3O2.ClH/c1-3-14-19-15-12-8-5-6-9-13(12)22-16(15)17(20-14)18-10-7-11-21-4-2;/h5-6,8-9H,3-4,7,10-11H2,1-2H3,(H,18,19,20);1H. The number of aromatic nitrogens is 2. The molecule has 1 aromatic carbocycles. The van der Waals surface area contributed by atoms with E-state index in [0.717, 1.165) is 66.3 Å². The summed E-state index contributed by atoms with van der Waals surface area (Å²) in [6.45, 7) is 6.55. The molecule has 5 nitrogen and oxygen atoms in total. The summed E-state index contributed by atoms with van der Waals surface area (Å²) >= 11 is 0. The van der Waals surface area contributed by atoms with E-state index in [4.69, 9.17) is 9.15 Å². The van der Waals surface area contributed by atoms with Crippen molar-refractivity contribution in [3.05, 3.63) is 30.1 Å². The van der Waals surface area contributed by atoms with E-state index in [9.17, 15) is 0 Å². The maximum absolute atomic E-state index is 5.97. The zero-order valence-electron chi connectivity index (χ0n) is 13.5. The van der Waals surface area contributed by atoms with E-state index >= 15 is 0 Å². The van der Waals surface area contributed by atoms with E-state index in [2.05, 4.69) is 22.2 Å². The average molecular weight is 336 g/mol. The first-order chi connectivity index (χ1) is 10.8. The van der Waals surface area contributed by atoms with E-state index in [-0.39, 0.29) is 12.4 Å². The number of rotatable bonds is 7. The van der Waals surface area contributed by atoms with Gasteiger partial charge in [0, 0.05) is 24.8 Å². The third-order valence-corrected chi connectivity index (χ3v) is 3.64. The predicted molar refractivity (Wildman–Crippen MR) is 86.3 cm³/mol. The molecule has 0 aliphatic carbocycles. The third kappa shape index (κ3) is 3.80. The molecule has 0 fully saturated rings. The largest absolute Gasteiger partial charge is 1.00 e. The van der Waals surface area contributed by atoms with Gasteiger partial charge in [-0.15, -0.1) is 0 Å². The van der Waals surface area contributed by atoms with E-state index in [1.807, 2.05) is 31.2 Å². The lowest BCUT2D eigenvalue weighted by atomic mass is 10.2. The number of para-hydroxylation sites is 1. The van der Waals surface area contributed by atoms with Crippen molar-refractivity contribution in [1.29, 1.82) is 0 Å². The van der Waals surface area contributed by atoms with Crippen molar-refractivity contribution in [2.75, 3.05) is 19.8 Å². The Morgan fingerprint density at radius 3 is 2.78 bits per heavy atom. The molecule has 3 aromatic rings. The molecule has 2 aromatic heterocycles. The Kier molecular flexibility index (Phi) is 6.33. The minimum absolute atomic E-state index is 0. The van der Waals surface area contributed by atoms with Crippen LogP contribution in [0.25, 0.3) is 22.1 Å². The van der Waals surface area contributed by atoms with E-state index in [1.54, 1.807) is 0 Å². The number of furan rings is 1. The van der Waals surface area contributed by atoms with Crippen molar-refractivity contribution in [3.8, 4) is 0 Å². The minimum atomic E-state index is 0. The van der Waals surface area contributed by atoms with Crippen LogP contribution < -0.4 is 17.7 Å². The quantitative estimate of drug-likeness (QED) is 0.595. The van der Waals surface area contributed by atoms with Crippen LogP contribution in [0.2, 0.25) is 0 Å². The first kappa shape index (κ1) is 17.7. The lowest BCUT2D eigenvalue weighted by molar-refractivity contribution is -0.574. The summed E-state index contributed by atoms with van der Waals surface area (Å²) in [7, 11) is 0. The number of hydrogen-bond donors (Lipinski definition) is 1. The fourth-order valence-corrected chi connectivity index (χ4v) is 2.53. The Hall–Kier alpha value is -1.69. The lowest BCUT2D eigenvalue weighted by Crippen LogP contribution is -3.00. The minimum Gasteiger partial charge on any atom is -1.00 e. The van der Waals surface area contributed by atoms with E-state index < -0.39 is 0 Å². The molecular weight excluding hydrogens is 314 g/mol. The van der Waals surface area contributed by atoms with Gasteiger partial charge in [0.15, 0.2) is 0 Å². The van der Waals surface area contributed by atoms with Crippen molar-refractivity contribution in [3.63, 3.8) is 0 Å². The molecule has 0 saturated heterocycles. The maximum atomic E-state index is 5.97. The molecule has 0 spiro atoms. The van der Waals surface area contributed by atoms with Crippen molar-refractivity contribution in [1.82, 2.24) is 9.97 Å². The number of benzene rings is 1. The van der Waals surface area contributed by atoms with Crippen LogP contribution in [0, 0.1) is 0 Å². The van der Waals surface area contributed by atoms with Gasteiger partial charge in [0.25, 0.3) is 5.82 Å². The molecule has 0 bridgehead atoms. The highest BCUT2D eigenvalue weighted by molar-refractivity contribution is 6.04. The van der Waals surface area contributed by atoms with Crippen molar-refractivity contribution < 1.29 is 26.9 Å². The molecule has 0 aliphatic heterocycles. The summed E-state index contributed by atoms with van der Waals surface area (Å²) in [4.78, 5) is 9.28. The normalized spacial score (nSPS) is 11.0. The van der Waals surface area contributed by atoms with Crippen LogP contribution in [-0.4, -0.2) is 29.7 Å². The Morgan fingerprint density at radius 2 is 2.00 bits per heavy atom. The Morgan fingerprint density at radius 1 is 1.17 bits per heavy atom. The SMILES string of the molecule is CCOCCC[NH2+]c1nc(CC)nc2c1oc1ccccc12.[Cl-]. The zero-order valence-corrected chi connectivity index (χ0v) is 14.3. The highest BCUT2D eigenvalue weighted by Gasteiger charge is 2.17. The Balaban J connectivity index is 0.00000192. The van der Waals surface area contributed by atoms with E-state index in [1.165, 1.54) is 0 Å². The van der Waals surface area contributed by atoms with Gasteiger partial charge < -0.3 is 21.6 Å². The molecule has 3 rings (SSSR count). The highest BCUT2D eigenvalue weighted by Crippen LogP contribution is 2.29. The average Bonchev–Trinajstić information content (AvgIpc) is 2.93. The summed E-state index contributed by atoms with van der Waals surface area (Å²) in [6, 6.07) is 8.01. The van der Waals surface area contributed by atoms with Gasteiger partial charge >= 0.3 is 0 Å². The van der Waals surface area contributed by atoms with Crippen molar-refractivity contribution in [2.24, 2.45) is 0 Å². The Labute approximate surface area is 141 Å². The predicted octanol–water partition coefficient (Wildman–Crippen LogP) is -0.436. The van der Waals surface area contributed by atoms with E-state index in [0.29, 0.717) is 0 Å². The molecular formula is C17H22ClN3O2. The summed E-state index contributed by atoms with van der Waals surface area (Å²) in [5.41, 5.74) is 2.57. The molecule has 0 saturated carbocycles. The summed E-state index contributed by atoms with van der Waals surface area (Å²) < 4.78 is 11.3. The summed E-state index contributed by atoms with van der Waals surface area (Å²) in [5.74, 6) is 1.75. The number of nitrogens with two attached hydrogens (primary N) is 1. The van der Waals surface area contributed by atoms with Gasteiger partial charge in [0.1, 0.15) is 16.9 Å². The molecule has 0 unspecified atom stereocenters. The summed E-state index contributed by atoms with van der Waals surface area (Å²) in [6.07, 6.45) is 1.80. The van der Waals surface area contributed by atoms with Gasteiger partial charge in [-0.25, -0.2) is 4.98 Å². The number of nitrogens with zero attached hydrogens (tertiary/aromatic N) is 2. The maximum Gasteiger partial charge on any atom is 0.272 e. The molecule has 2 N–H and O–H groups in total. The molecule has 23 heavy (non-hydrogen) atoms. The van der Waals surface area contributed by atoms with Crippen LogP contribution in [0.4, 0.5) is 5.82 Å². The fourth-order valence-electron chi connectivity index (χ4n) is 2.53. The van der Waals surface area contributed by atoms with Crippen molar-refractivity contribution >= 4 is 27.9 Å². The number of hydrogen-bond acceptors (Lipinski definition) is 4. The van der Waals surface area contributed by atoms with Gasteiger partial charge in [-0.1, -0.05) is 19.1 Å². The highest BCUT2D eigenvalue weighted by atomic mass is 35.5. The van der Waals surface area contributed by atoms with Crippen LogP contribution >= 0.6 is 0 Å². The van der Waals surface area contributed by atoms with Crippen LogP contribution in [0.15, 0.2) is 28.7 Å². The number of quaternary nitrogens is 1. The second-order valence-corrected chi connectivity index (χ2v) is 5.20. The van der Waals surface area contributed by atoms with Gasteiger partial charge in [-0.2, -0.15) is 4.98 Å². The monoisotopic (exact) mass is 335 g/mol. The molecule has 0 amide bonds. The van der Waals surface area contributed by atoms with Crippen molar-refractivity contribution in [2.45, 2.75) is 26.7 Å². The molecule has 0 atom stereocenters. The topological polar surface area (TPSA) is 64.8 Å². The lowest BCUT2D eigenvalue weighted by Gasteiger charge is -2.03. The van der Waals surface area contributed by atoms with Crippen LogP contribution in [0.5, 0.6) is 0 Å². The molecule has 124 valence electrons. The first-order valence-electron chi connectivity index (χ1n) is 7.92. The Bertz CT molecular complexity index is 773. The van der Waals surface area contributed by atoms with Gasteiger partial charge in [-0.05, 0) is 19.1 Å². The summed E-state index contributed by atoms with van der Waals surface area (Å²) in [5, 5.41) is 3.18. The van der Waals surface area contributed by atoms with Gasteiger partial charge in [-0.3, -0.25) is 5.32 Å². The smallest absolute Gasteiger partial charge is 0.272 e. The van der Waals surface area contributed by atoms with Gasteiger partial charge in [0.05, 0.1) is 13.2 Å². The molecule has 0 aliphatic rings. The second-order valence-electron chi connectivity index (χ2n) is 5.20. The second kappa shape index (κ2) is 8.24.